The van der Waals surface area contributed by atoms with E-state index in [2.05, 4.69) is 11.1 Å². The summed E-state index contributed by atoms with van der Waals surface area (Å²) in [4.78, 5) is 9.52. The van der Waals surface area contributed by atoms with Crippen molar-refractivity contribution in [3.05, 3.63) is 117 Å². The lowest BCUT2D eigenvalue weighted by Crippen LogP contribution is -2.48. The van der Waals surface area contributed by atoms with Crippen LogP contribution in [0.25, 0.3) is 10.9 Å². The molecule has 0 aliphatic rings. The smallest absolute Gasteiger partial charge is 0.123 e. The summed E-state index contributed by atoms with van der Waals surface area (Å²) >= 11 is 0. The minimum atomic E-state index is -1.26. The number of aromatic nitrogens is 2. The maximum atomic E-state index is 13.5. The lowest BCUT2D eigenvalue weighted by Gasteiger charge is -2.37. The van der Waals surface area contributed by atoms with Crippen LogP contribution in [0.4, 0.5) is 4.39 Å². The van der Waals surface area contributed by atoms with Gasteiger partial charge >= 0.3 is 0 Å². The Morgan fingerprint density at radius 1 is 1.11 bits per heavy atom. The molecule has 0 fully saturated rings. The highest BCUT2D eigenvalue weighted by Gasteiger charge is 2.38. The van der Waals surface area contributed by atoms with Gasteiger partial charge in [0.2, 0.25) is 0 Å². The summed E-state index contributed by atoms with van der Waals surface area (Å²) < 4.78 is 13.5. The summed E-state index contributed by atoms with van der Waals surface area (Å²) in [7, 11) is 1.68. The van der Waals surface area contributed by atoms with Gasteiger partial charge < -0.3 is 16.5 Å². The molecule has 1 unspecified atom stereocenters. The zero-order chi connectivity index (χ0) is 27.6. The highest BCUT2D eigenvalue weighted by Crippen LogP contribution is 2.38. The number of likely N-dealkylation sites (N-methyl/N-ethyl adjacent to an activating group) is 1. The van der Waals surface area contributed by atoms with Crippen LogP contribution in [0.3, 0.4) is 0 Å². The van der Waals surface area contributed by atoms with E-state index in [9.17, 15) is 9.65 Å². The summed E-state index contributed by atoms with van der Waals surface area (Å²) in [5, 5.41) is 12.4. The molecule has 7 nitrogen and oxygen atoms in total. The first-order chi connectivity index (χ1) is 18.1. The van der Waals surface area contributed by atoms with Crippen LogP contribution in [-0.4, -0.2) is 22.0 Å². The number of halogens is 1. The predicted octanol–water partition coefficient (Wildman–Crippen LogP) is 4.22. The number of benzene rings is 2. The molecule has 6 N–H and O–H groups in total. The van der Waals surface area contributed by atoms with Gasteiger partial charge in [0.25, 0.3) is 0 Å². The van der Waals surface area contributed by atoms with Gasteiger partial charge in [-0.15, -0.1) is 0 Å². The number of nitrogens with zero attached hydrogens (tertiary/aromatic N) is 4. The van der Waals surface area contributed by atoms with Crippen molar-refractivity contribution in [2.24, 2.45) is 17.3 Å². The van der Waals surface area contributed by atoms with Gasteiger partial charge in [-0.3, -0.25) is 9.97 Å². The van der Waals surface area contributed by atoms with E-state index in [4.69, 9.17) is 22.3 Å². The van der Waals surface area contributed by atoms with Crippen LogP contribution in [0.15, 0.2) is 66.5 Å². The van der Waals surface area contributed by atoms with Gasteiger partial charge in [0.15, 0.2) is 0 Å². The highest BCUT2D eigenvalue weighted by atomic mass is 19.1. The molecule has 4 rings (SSSR count). The molecule has 2 heterocycles. The number of pyridine rings is 2. The standard InChI is InChI=1S/C30H32FN7/c1-5-27-23(14-20-7-10-22(31)11-8-20)25(16-32)24-15-21(9-13-28(24)37-27)30(34,29(17-33)38(4)35)26-12-6-18(2)36-19(26)3/h6-13,15,17H,5,14,33-35H2,1-4H3/b29-17-. The number of rotatable bonds is 7. The van der Waals surface area contributed by atoms with E-state index >= 15 is 0 Å². The van der Waals surface area contributed by atoms with E-state index in [0.29, 0.717) is 40.6 Å². The maximum Gasteiger partial charge on any atom is 0.123 e. The minimum absolute atomic E-state index is 0.306. The Morgan fingerprint density at radius 2 is 1.82 bits per heavy atom. The van der Waals surface area contributed by atoms with Crippen LogP contribution in [0.1, 0.15) is 51.8 Å². The van der Waals surface area contributed by atoms with E-state index < -0.39 is 5.54 Å². The maximum absolute atomic E-state index is 13.5. The van der Waals surface area contributed by atoms with E-state index in [1.807, 2.05) is 51.1 Å². The number of fused-ring (bicyclic) bond motifs is 1. The molecular formula is C30H32FN7. The Morgan fingerprint density at radius 3 is 2.39 bits per heavy atom. The molecule has 8 heteroatoms. The molecule has 0 saturated heterocycles. The predicted molar refractivity (Wildman–Crippen MR) is 148 cm³/mol. The molecule has 0 saturated carbocycles. The molecule has 0 aliphatic carbocycles. The van der Waals surface area contributed by atoms with Gasteiger partial charge in [-0.05, 0) is 67.3 Å². The van der Waals surface area contributed by atoms with E-state index in [-0.39, 0.29) is 5.82 Å². The second kappa shape index (κ2) is 10.6. The van der Waals surface area contributed by atoms with Gasteiger partial charge in [-0.1, -0.05) is 31.2 Å². The van der Waals surface area contributed by atoms with Gasteiger partial charge in [0, 0.05) is 47.7 Å². The molecule has 1 atom stereocenters. The molecule has 194 valence electrons. The third kappa shape index (κ3) is 4.70. The molecule has 0 radical (unpaired) electrons. The van der Waals surface area contributed by atoms with Gasteiger partial charge in [0.1, 0.15) is 17.4 Å². The van der Waals surface area contributed by atoms with Crippen molar-refractivity contribution >= 4 is 10.9 Å². The number of hydrogen-bond donors (Lipinski definition) is 3. The van der Waals surface area contributed by atoms with E-state index in [0.717, 1.165) is 33.8 Å². The van der Waals surface area contributed by atoms with Crippen molar-refractivity contribution in [3.63, 3.8) is 0 Å². The van der Waals surface area contributed by atoms with Crippen molar-refractivity contribution < 1.29 is 4.39 Å². The Balaban J connectivity index is 2.01. The monoisotopic (exact) mass is 509 g/mol. The summed E-state index contributed by atoms with van der Waals surface area (Å²) in [5.41, 5.74) is 19.2. The third-order valence-electron chi connectivity index (χ3n) is 6.96. The second-order valence-corrected chi connectivity index (χ2v) is 9.47. The number of nitriles is 1. The van der Waals surface area contributed by atoms with Crippen LogP contribution in [0.2, 0.25) is 0 Å². The fraction of sp³-hybridized carbons (Fsp3) is 0.233. The third-order valence-corrected chi connectivity index (χ3v) is 6.96. The Bertz CT molecular complexity index is 1570. The molecule has 38 heavy (non-hydrogen) atoms. The van der Waals surface area contributed by atoms with Gasteiger partial charge in [-0.2, -0.15) is 5.26 Å². The van der Waals surface area contributed by atoms with Crippen LogP contribution in [-0.2, 0) is 18.4 Å². The Labute approximate surface area is 222 Å². The first kappa shape index (κ1) is 26.7. The van der Waals surface area contributed by atoms with Gasteiger partial charge in [-0.25, -0.2) is 10.2 Å². The largest absolute Gasteiger partial charge is 0.403 e. The number of hydrazine groups is 1. The summed E-state index contributed by atoms with van der Waals surface area (Å²) in [6.45, 7) is 5.82. The van der Waals surface area contributed by atoms with E-state index in [1.165, 1.54) is 23.3 Å². The molecular weight excluding hydrogens is 477 g/mol. The number of aryl methyl sites for hydroxylation is 3. The van der Waals surface area contributed by atoms with Crippen molar-refractivity contribution in [1.29, 1.82) is 5.26 Å². The Hall–Kier alpha value is -4.32. The summed E-state index contributed by atoms with van der Waals surface area (Å²) in [6.07, 6.45) is 2.50. The molecule has 4 aromatic rings. The average molecular weight is 510 g/mol. The van der Waals surface area contributed by atoms with Crippen molar-refractivity contribution in [3.8, 4) is 6.07 Å². The van der Waals surface area contributed by atoms with Crippen LogP contribution < -0.4 is 17.3 Å². The van der Waals surface area contributed by atoms with Crippen LogP contribution in [0, 0.1) is 31.0 Å². The molecule has 0 spiro atoms. The van der Waals surface area contributed by atoms with Crippen LogP contribution in [0.5, 0.6) is 0 Å². The lowest BCUT2D eigenvalue weighted by atomic mass is 9.79. The molecule has 0 aliphatic heterocycles. The Kier molecular flexibility index (Phi) is 7.44. The first-order valence-electron chi connectivity index (χ1n) is 12.4. The fourth-order valence-electron chi connectivity index (χ4n) is 5.09. The fourth-order valence-corrected chi connectivity index (χ4v) is 5.09. The first-order valence-corrected chi connectivity index (χ1v) is 12.4. The van der Waals surface area contributed by atoms with Crippen molar-refractivity contribution in [2.75, 3.05) is 7.05 Å². The molecule has 0 bridgehead atoms. The van der Waals surface area contributed by atoms with Crippen molar-refractivity contribution in [1.82, 2.24) is 15.0 Å². The van der Waals surface area contributed by atoms with Crippen molar-refractivity contribution in [2.45, 2.75) is 39.2 Å². The normalized spacial score (nSPS) is 13.3. The number of hydrogen-bond acceptors (Lipinski definition) is 7. The second-order valence-electron chi connectivity index (χ2n) is 9.47. The molecule has 2 aromatic heterocycles. The minimum Gasteiger partial charge on any atom is -0.403 e. The van der Waals surface area contributed by atoms with Crippen LogP contribution >= 0.6 is 0 Å². The average Bonchev–Trinajstić information content (AvgIpc) is 2.89. The highest BCUT2D eigenvalue weighted by molar-refractivity contribution is 5.87. The van der Waals surface area contributed by atoms with E-state index in [1.54, 1.807) is 19.2 Å². The quantitative estimate of drug-likeness (QED) is 0.251. The lowest BCUT2D eigenvalue weighted by molar-refractivity contribution is 0.364. The summed E-state index contributed by atoms with van der Waals surface area (Å²) in [6, 6.07) is 18.2. The molecule has 0 amide bonds. The zero-order valence-electron chi connectivity index (χ0n) is 22.1. The zero-order valence-corrected chi connectivity index (χ0v) is 22.1. The van der Waals surface area contributed by atoms with Gasteiger partial charge in [0.05, 0.1) is 16.8 Å². The topological polar surface area (TPSA) is 131 Å². The molecule has 2 aromatic carbocycles. The number of nitrogens with two attached hydrogens (primary N) is 3. The SMILES string of the molecule is CCc1nc2ccc(C(N)(/C(=C/N)N(C)N)c3ccc(C)nc3C)cc2c(C#N)c1Cc1ccc(F)cc1. The summed E-state index contributed by atoms with van der Waals surface area (Å²) in [5.74, 6) is 5.90.